The lowest BCUT2D eigenvalue weighted by Gasteiger charge is -2.38. The number of fused-ring (bicyclic) bond motifs is 1. The summed E-state index contributed by atoms with van der Waals surface area (Å²) >= 11 is 3.44. The average Bonchev–Trinajstić information content (AvgIpc) is 3.51. The summed E-state index contributed by atoms with van der Waals surface area (Å²) < 4.78 is 43.0. The molecule has 0 aromatic heterocycles. The van der Waals surface area contributed by atoms with E-state index < -0.39 is 6.29 Å². The van der Waals surface area contributed by atoms with Crippen molar-refractivity contribution in [3.05, 3.63) is 52.5 Å². The molecule has 5 nitrogen and oxygen atoms in total. The van der Waals surface area contributed by atoms with Gasteiger partial charge in [-0.15, -0.1) is 8.78 Å². The first kappa shape index (κ1) is 19.8. The summed E-state index contributed by atoms with van der Waals surface area (Å²) in [6, 6.07) is 12.4. The van der Waals surface area contributed by atoms with Gasteiger partial charge in [0.15, 0.2) is 11.5 Å². The summed E-state index contributed by atoms with van der Waals surface area (Å²) in [5, 5.41) is 0. The standard InChI is InChI=1S/C22H20BrF2NO4/c23-15-5-3-13(4-6-15)19-11-17(9-10-28-19)26(21(27)14-1-2-14)16-7-8-18-20(12-16)30-22(24,25)29-18/h3-8,12,14,17,19H,1-2,9-11H2/t17-,19-/m0/s1. The molecule has 2 atom stereocenters. The van der Waals surface area contributed by atoms with E-state index in [4.69, 9.17) is 4.74 Å². The van der Waals surface area contributed by atoms with Gasteiger partial charge in [0, 0.05) is 34.8 Å². The Labute approximate surface area is 181 Å². The molecule has 0 unspecified atom stereocenters. The molecule has 0 bridgehead atoms. The lowest BCUT2D eigenvalue weighted by Crippen LogP contribution is -2.45. The van der Waals surface area contributed by atoms with Crippen molar-refractivity contribution >= 4 is 27.5 Å². The Bertz CT molecular complexity index is 964. The van der Waals surface area contributed by atoms with Gasteiger partial charge in [-0.1, -0.05) is 28.1 Å². The van der Waals surface area contributed by atoms with Crippen molar-refractivity contribution in [2.75, 3.05) is 11.5 Å². The van der Waals surface area contributed by atoms with Gasteiger partial charge in [-0.3, -0.25) is 4.79 Å². The van der Waals surface area contributed by atoms with Crippen LogP contribution in [0.3, 0.4) is 0 Å². The second kappa shape index (κ2) is 7.50. The summed E-state index contributed by atoms with van der Waals surface area (Å²) in [5.41, 5.74) is 1.60. The predicted octanol–water partition coefficient (Wildman–Crippen LogP) is 5.43. The smallest absolute Gasteiger partial charge is 0.395 e. The zero-order chi connectivity index (χ0) is 20.9. The minimum atomic E-state index is -3.68. The van der Waals surface area contributed by atoms with Crippen LogP contribution >= 0.6 is 15.9 Å². The molecule has 3 aliphatic rings. The van der Waals surface area contributed by atoms with E-state index in [1.54, 1.807) is 11.0 Å². The van der Waals surface area contributed by atoms with Gasteiger partial charge < -0.3 is 19.1 Å². The first-order valence-corrected chi connectivity index (χ1v) is 10.8. The molecule has 0 N–H and O–H groups in total. The molecule has 1 saturated carbocycles. The fourth-order valence-corrected chi connectivity index (χ4v) is 4.32. The molecular formula is C22H20BrF2NO4. The Kier molecular flexibility index (Phi) is 4.94. The number of hydrogen-bond acceptors (Lipinski definition) is 4. The van der Waals surface area contributed by atoms with E-state index in [1.165, 1.54) is 12.1 Å². The Morgan fingerprint density at radius 2 is 1.77 bits per heavy atom. The van der Waals surface area contributed by atoms with Gasteiger partial charge in [0.1, 0.15) is 0 Å². The van der Waals surface area contributed by atoms with Crippen LogP contribution in [0.15, 0.2) is 46.9 Å². The third-order valence-corrected chi connectivity index (χ3v) is 6.22. The number of hydrogen-bond donors (Lipinski definition) is 0. The Morgan fingerprint density at radius 1 is 1.03 bits per heavy atom. The molecule has 158 valence electrons. The number of halogens is 3. The maximum atomic E-state index is 13.4. The number of rotatable bonds is 4. The number of benzene rings is 2. The molecule has 1 saturated heterocycles. The predicted molar refractivity (Wildman–Crippen MR) is 109 cm³/mol. The van der Waals surface area contributed by atoms with Crippen molar-refractivity contribution in [1.82, 2.24) is 0 Å². The molecule has 30 heavy (non-hydrogen) atoms. The van der Waals surface area contributed by atoms with Crippen LogP contribution in [0.4, 0.5) is 14.5 Å². The van der Waals surface area contributed by atoms with Crippen LogP contribution in [0.5, 0.6) is 11.5 Å². The van der Waals surface area contributed by atoms with Crippen molar-refractivity contribution < 1.29 is 27.8 Å². The molecule has 2 fully saturated rings. The highest BCUT2D eigenvalue weighted by atomic mass is 79.9. The number of carbonyl (C=O) groups excluding carboxylic acids is 1. The van der Waals surface area contributed by atoms with Gasteiger partial charge in [-0.2, -0.15) is 0 Å². The average molecular weight is 480 g/mol. The molecule has 0 spiro atoms. The van der Waals surface area contributed by atoms with E-state index in [-0.39, 0.29) is 35.5 Å². The zero-order valence-electron chi connectivity index (χ0n) is 16.0. The van der Waals surface area contributed by atoms with E-state index in [0.29, 0.717) is 25.1 Å². The third kappa shape index (κ3) is 3.90. The number of ether oxygens (including phenoxy) is 3. The van der Waals surface area contributed by atoms with E-state index in [2.05, 4.69) is 25.4 Å². The van der Waals surface area contributed by atoms with Crippen molar-refractivity contribution in [2.45, 2.75) is 44.1 Å². The first-order chi connectivity index (χ1) is 14.4. The molecule has 1 aliphatic carbocycles. The minimum Gasteiger partial charge on any atom is -0.395 e. The van der Waals surface area contributed by atoms with Crippen molar-refractivity contribution in [3.8, 4) is 11.5 Å². The Balaban J connectivity index is 1.43. The van der Waals surface area contributed by atoms with Crippen molar-refractivity contribution in [2.24, 2.45) is 5.92 Å². The van der Waals surface area contributed by atoms with Gasteiger partial charge in [-0.25, -0.2) is 0 Å². The maximum absolute atomic E-state index is 13.4. The SMILES string of the molecule is O=C(C1CC1)N(c1ccc2c(c1)OC(F)(F)O2)[C@H]1CCO[C@H](c2ccc(Br)cc2)C1. The van der Waals surface area contributed by atoms with Crippen LogP contribution < -0.4 is 14.4 Å². The summed E-state index contributed by atoms with van der Waals surface area (Å²) in [4.78, 5) is 14.9. The maximum Gasteiger partial charge on any atom is 0.586 e. The zero-order valence-corrected chi connectivity index (χ0v) is 17.6. The summed E-state index contributed by atoms with van der Waals surface area (Å²) in [7, 11) is 0. The van der Waals surface area contributed by atoms with Crippen LogP contribution in [-0.4, -0.2) is 24.9 Å². The number of carbonyl (C=O) groups is 1. The lowest BCUT2D eigenvalue weighted by molar-refractivity contribution is -0.286. The molecule has 2 aromatic rings. The van der Waals surface area contributed by atoms with Crippen LogP contribution in [0.2, 0.25) is 0 Å². The topological polar surface area (TPSA) is 48.0 Å². The quantitative estimate of drug-likeness (QED) is 0.586. The van der Waals surface area contributed by atoms with Gasteiger partial charge >= 0.3 is 6.29 Å². The van der Waals surface area contributed by atoms with Crippen molar-refractivity contribution in [3.63, 3.8) is 0 Å². The first-order valence-electron chi connectivity index (χ1n) is 10.00. The molecule has 1 amide bonds. The largest absolute Gasteiger partial charge is 0.586 e. The second-order valence-electron chi connectivity index (χ2n) is 7.87. The fourth-order valence-electron chi connectivity index (χ4n) is 4.06. The second-order valence-corrected chi connectivity index (χ2v) is 8.79. The fraction of sp³-hybridized carbons (Fsp3) is 0.409. The monoisotopic (exact) mass is 479 g/mol. The van der Waals surface area contributed by atoms with Crippen LogP contribution in [0.25, 0.3) is 0 Å². The third-order valence-electron chi connectivity index (χ3n) is 5.69. The van der Waals surface area contributed by atoms with Crippen LogP contribution in [-0.2, 0) is 9.53 Å². The number of alkyl halides is 2. The van der Waals surface area contributed by atoms with Crippen LogP contribution in [0, 0.1) is 5.92 Å². The van der Waals surface area contributed by atoms with E-state index >= 15 is 0 Å². The lowest BCUT2D eigenvalue weighted by atomic mass is 9.95. The van der Waals surface area contributed by atoms with Gasteiger partial charge in [0.25, 0.3) is 0 Å². The number of amides is 1. The van der Waals surface area contributed by atoms with Gasteiger partial charge in [0.2, 0.25) is 5.91 Å². The highest BCUT2D eigenvalue weighted by Gasteiger charge is 2.45. The molecule has 2 aliphatic heterocycles. The molecule has 8 heteroatoms. The highest BCUT2D eigenvalue weighted by Crippen LogP contribution is 2.45. The number of nitrogens with zero attached hydrogens (tertiary/aromatic N) is 1. The summed E-state index contributed by atoms with van der Waals surface area (Å²) in [5.74, 6) is -0.0576. The normalized spacial score (nSPS) is 24.5. The number of anilines is 1. The van der Waals surface area contributed by atoms with E-state index in [9.17, 15) is 13.6 Å². The van der Waals surface area contributed by atoms with Gasteiger partial charge in [-0.05, 0) is 55.5 Å². The van der Waals surface area contributed by atoms with Crippen molar-refractivity contribution in [1.29, 1.82) is 0 Å². The molecule has 2 aromatic carbocycles. The minimum absolute atomic E-state index is 0.00848. The molecule has 5 rings (SSSR count). The summed E-state index contributed by atoms with van der Waals surface area (Å²) in [6.07, 6.45) is -0.794. The van der Waals surface area contributed by atoms with Gasteiger partial charge in [0.05, 0.1) is 6.10 Å². The molecular weight excluding hydrogens is 460 g/mol. The Morgan fingerprint density at radius 3 is 2.50 bits per heavy atom. The van der Waals surface area contributed by atoms with E-state index in [0.717, 1.165) is 22.9 Å². The van der Waals surface area contributed by atoms with Crippen LogP contribution in [0.1, 0.15) is 37.4 Å². The molecule has 0 radical (unpaired) electrons. The molecule has 2 heterocycles. The Hall–Kier alpha value is -2.19. The highest BCUT2D eigenvalue weighted by molar-refractivity contribution is 9.10. The summed E-state index contributed by atoms with van der Waals surface area (Å²) in [6.45, 7) is 0.516. The van der Waals surface area contributed by atoms with E-state index in [1.807, 2.05) is 24.3 Å².